The number of hydrogen-bond donors (Lipinski definition) is 1. The standard InChI is InChI=1S/C14H13Br3O4/c15-7-5-10(16)12(11(17)6-7)21-14(20)9-4-2-1-3-8(9)13(18)19/h5-6,8-9H,1-4H2,(H,18,19). The second-order valence-corrected chi connectivity index (χ2v) is 7.58. The summed E-state index contributed by atoms with van der Waals surface area (Å²) in [7, 11) is 0. The second kappa shape index (κ2) is 7.24. The molecule has 0 aromatic heterocycles. The third-order valence-electron chi connectivity index (χ3n) is 3.55. The van der Waals surface area contributed by atoms with E-state index in [9.17, 15) is 14.7 Å². The van der Waals surface area contributed by atoms with E-state index in [1.54, 1.807) is 12.1 Å². The van der Waals surface area contributed by atoms with Crippen molar-refractivity contribution in [3.8, 4) is 5.75 Å². The first-order valence-electron chi connectivity index (χ1n) is 6.49. The zero-order valence-electron chi connectivity index (χ0n) is 10.9. The summed E-state index contributed by atoms with van der Waals surface area (Å²) in [5.41, 5.74) is 0. The smallest absolute Gasteiger partial charge is 0.315 e. The third-order valence-corrected chi connectivity index (χ3v) is 5.19. The number of hydrogen-bond acceptors (Lipinski definition) is 3. The fourth-order valence-corrected chi connectivity index (χ4v) is 4.93. The van der Waals surface area contributed by atoms with Crippen LogP contribution in [0.5, 0.6) is 5.75 Å². The van der Waals surface area contributed by atoms with E-state index in [1.807, 2.05) is 0 Å². The Bertz CT molecular complexity index is 550. The largest absolute Gasteiger partial charge is 0.481 e. The summed E-state index contributed by atoms with van der Waals surface area (Å²) >= 11 is 10.0. The fourth-order valence-electron chi connectivity index (χ4n) is 2.51. The van der Waals surface area contributed by atoms with Crippen molar-refractivity contribution < 1.29 is 19.4 Å². The van der Waals surface area contributed by atoms with E-state index in [1.165, 1.54) is 0 Å². The van der Waals surface area contributed by atoms with Crippen LogP contribution in [0.2, 0.25) is 0 Å². The Morgan fingerprint density at radius 3 is 2.10 bits per heavy atom. The highest BCUT2D eigenvalue weighted by atomic mass is 79.9. The summed E-state index contributed by atoms with van der Waals surface area (Å²) in [6, 6.07) is 3.53. The molecule has 7 heteroatoms. The Morgan fingerprint density at radius 2 is 1.57 bits per heavy atom. The van der Waals surface area contributed by atoms with Crippen LogP contribution in [0.1, 0.15) is 25.7 Å². The van der Waals surface area contributed by atoms with E-state index in [2.05, 4.69) is 47.8 Å². The van der Waals surface area contributed by atoms with Gasteiger partial charge in [-0.15, -0.1) is 0 Å². The maximum absolute atomic E-state index is 12.3. The van der Waals surface area contributed by atoms with Crippen LogP contribution in [0, 0.1) is 11.8 Å². The topological polar surface area (TPSA) is 63.6 Å². The predicted octanol–water partition coefficient (Wildman–Crippen LogP) is 4.77. The lowest BCUT2D eigenvalue weighted by Crippen LogP contribution is -2.35. The van der Waals surface area contributed by atoms with Crippen molar-refractivity contribution in [3.05, 3.63) is 25.6 Å². The summed E-state index contributed by atoms with van der Waals surface area (Å²) < 4.78 is 7.52. The van der Waals surface area contributed by atoms with Gasteiger partial charge < -0.3 is 9.84 Å². The first-order chi connectivity index (χ1) is 9.90. The Morgan fingerprint density at radius 1 is 1.05 bits per heavy atom. The first kappa shape index (κ1) is 17.0. The van der Waals surface area contributed by atoms with Crippen molar-refractivity contribution in [1.29, 1.82) is 0 Å². The number of ether oxygens (including phenoxy) is 1. The lowest BCUT2D eigenvalue weighted by molar-refractivity contribution is -0.154. The molecular weight excluding hydrogens is 472 g/mol. The average Bonchev–Trinajstić information content (AvgIpc) is 2.42. The normalized spacial score (nSPS) is 21.9. The van der Waals surface area contributed by atoms with Crippen molar-refractivity contribution in [2.75, 3.05) is 0 Å². The van der Waals surface area contributed by atoms with Crippen LogP contribution in [-0.4, -0.2) is 17.0 Å². The number of carboxylic acid groups (broad SMARTS) is 1. The molecule has 1 fully saturated rings. The molecule has 2 atom stereocenters. The van der Waals surface area contributed by atoms with Gasteiger partial charge in [-0.1, -0.05) is 28.8 Å². The van der Waals surface area contributed by atoms with Gasteiger partial charge in [0.15, 0.2) is 5.75 Å². The number of carbonyl (C=O) groups excluding carboxylic acids is 1. The number of benzene rings is 1. The number of rotatable bonds is 3. The zero-order chi connectivity index (χ0) is 15.6. The van der Waals surface area contributed by atoms with Crippen molar-refractivity contribution in [1.82, 2.24) is 0 Å². The zero-order valence-corrected chi connectivity index (χ0v) is 15.7. The van der Waals surface area contributed by atoms with Gasteiger partial charge in [-0.3, -0.25) is 9.59 Å². The summed E-state index contributed by atoms with van der Waals surface area (Å²) in [6.45, 7) is 0. The summed E-state index contributed by atoms with van der Waals surface area (Å²) in [5, 5.41) is 9.24. The number of esters is 1. The SMILES string of the molecule is O=C(O)C1CCCCC1C(=O)Oc1c(Br)cc(Br)cc1Br. The summed E-state index contributed by atoms with van der Waals surface area (Å²) in [6.07, 6.45) is 2.78. The van der Waals surface area contributed by atoms with E-state index < -0.39 is 23.8 Å². The highest BCUT2D eigenvalue weighted by Gasteiger charge is 2.37. The third kappa shape index (κ3) is 4.07. The maximum atomic E-state index is 12.3. The van der Waals surface area contributed by atoms with Gasteiger partial charge in [0.05, 0.1) is 20.8 Å². The molecule has 1 aliphatic rings. The minimum atomic E-state index is -0.925. The average molecular weight is 485 g/mol. The maximum Gasteiger partial charge on any atom is 0.315 e. The molecule has 2 unspecified atom stereocenters. The molecule has 1 saturated carbocycles. The molecule has 1 aliphatic carbocycles. The molecule has 0 bridgehead atoms. The van der Waals surface area contributed by atoms with Crippen molar-refractivity contribution in [3.63, 3.8) is 0 Å². The Labute approximate surface area is 147 Å². The van der Waals surface area contributed by atoms with Gasteiger partial charge in [-0.2, -0.15) is 0 Å². The lowest BCUT2D eigenvalue weighted by Gasteiger charge is -2.26. The Kier molecular flexibility index (Phi) is 5.85. The summed E-state index contributed by atoms with van der Waals surface area (Å²) in [4.78, 5) is 23.6. The van der Waals surface area contributed by atoms with Gasteiger partial charge in [0.25, 0.3) is 0 Å². The van der Waals surface area contributed by atoms with Gasteiger partial charge in [0.1, 0.15) is 0 Å². The van der Waals surface area contributed by atoms with Gasteiger partial charge >= 0.3 is 11.9 Å². The highest BCUT2D eigenvalue weighted by molar-refractivity contribution is 9.11. The molecule has 21 heavy (non-hydrogen) atoms. The molecule has 1 aromatic carbocycles. The minimum Gasteiger partial charge on any atom is -0.481 e. The molecular formula is C14H13Br3O4. The van der Waals surface area contributed by atoms with Crippen molar-refractivity contribution in [2.24, 2.45) is 11.8 Å². The number of carboxylic acids is 1. The van der Waals surface area contributed by atoms with Gasteiger partial charge in [-0.25, -0.2) is 0 Å². The predicted molar refractivity (Wildman–Crippen MR) is 88.3 cm³/mol. The van der Waals surface area contributed by atoms with Gasteiger partial charge in [0.2, 0.25) is 0 Å². The van der Waals surface area contributed by atoms with Crippen LogP contribution in [0.25, 0.3) is 0 Å². The fraction of sp³-hybridized carbons (Fsp3) is 0.429. The molecule has 0 aliphatic heterocycles. The Balaban J connectivity index is 2.19. The van der Waals surface area contributed by atoms with E-state index in [-0.39, 0.29) is 0 Å². The lowest BCUT2D eigenvalue weighted by atomic mass is 9.79. The quantitative estimate of drug-likeness (QED) is 0.496. The van der Waals surface area contributed by atoms with Crippen LogP contribution in [0.3, 0.4) is 0 Å². The molecule has 0 saturated heterocycles. The second-order valence-electron chi connectivity index (χ2n) is 4.96. The van der Waals surface area contributed by atoms with Crippen LogP contribution in [0.15, 0.2) is 25.6 Å². The molecule has 0 radical (unpaired) electrons. The van der Waals surface area contributed by atoms with Crippen LogP contribution in [-0.2, 0) is 9.59 Å². The number of carbonyl (C=O) groups is 2. The molecule has 114 valence electrons. The van der Waals surface area contributed by atoms with E-state index in [0.717, 1.165) is 17.3 Å². The Hall–Kier alpha value is -0.400. The van der Waals surface area contributed by atoms with Crippen molar-refractivity contribution >= 4 is 59.7 Å². The number of halogens is 3. The minimum absolute atomic E-state index is 0.373. The molecule has 0 amide bonds. The van der Waals surface area contributed by atoms with Crippen molar-refractivity contribution in [2.45, 2.75) is 25.7 Å². The molecule has 2 rings (SSSR count). The first-order valence-corrected chi connectivity index (χ1v) is 8.87. The number of aliphatic carboxylic acids is 1. The molecule has 1 aromatic rings. The van der Waals surface area contributed by atoms with Crippen LogP contribution < -0.4 is 4.74 Å². The van der Waals surface area contributed by atoms with Crippen LogP contribution >= 0.6 is 47.8 Å². The highest BCUT2D eigenvalue weighted by Crippen LogP contribution is 2.38. The van der Waals surface area contributed by atoms with Gasteiger partial charge in [0, 0.05) is 4.47 Å². The molecule has 0 heterocycles. The molecule has 0 spiro atoms. The van der Waals surface area contributed by atoms with Gasteiger partial charge in [-0.05, 0) is 56.8 Å². The van der Waals surface area contributed by atoms with Crippen LogP contribution in [0.4, 0.5) is 0 Å². The van der Waals surface area contributed by atoms with E-state index in [0.29, 0.717) is 27.5 Å². The molecule has 4 nitrogen and oxygen atoms in total. The molecule has 1 N–H and O–H groups in total. The summed E-state index contributed by atoms with van der Waals surface area (Å²) in [5.74, 6) is -2.27. The monoisotopic (exact) mass is 482 g/mol. The van der Waals surface area contributed by atoms with E-state index in [4.69, 9.17) is 4.74 Å². The van der Waals surface area contributed by atoms with E-state index >= 15 is 0 Å².